The van der Waals surface area contributed by atoms with Crippen LogP contribution in [0.4, 0.5) is 0 Å². The molecule has 1 aromatic rings. The van der Waals surface area contributed by atoms with E-state index in [0.717, 1.165) is 12.8 Å². The number of benzene rings is 1. The summed E-state index contributed by atoms with van der Waals surface area (Å²) < 4.78 is 26.3. The Kier molecular flexibility index (Phi) is 6.00. The molecule has 8 nitrogen and oxygen atoms in total. The fourth-order valence-corrected chi connectivity index (χ4v) is 3.46. The standard InChI is InChI=1S/C21H25NO7/c1-25-16-8-12(9-17(26-2)19(16)27-3)18-14(20(23)28-4)10-22(13-6-7-13)11-15(18)21(24)29-5/h8-11,13,18H,6-7H2,1-5H3. The molecule has 2 aliphatic rings. The molecule has 0 N–H and O–H groups in total. The molecule has 156 valence electrons. The summed E-state index contributed by atoms with van der Waals surface area (Å²) in [5.74, 6) is -0.507. The number of carbonyl (C=O) groups excluding carboxylic acids is 2. The normalized spacial score (nSPS) is 16.5. The van der Waals surface area contributed by atoms with E-state index in [1.165, 1.54) is 35.5 Å². The Morgan fingerprint density at radius 3 is 1.66 bits per heavy atom. The molecule has 1 fully saturated rings. The lowest BCUT2D eigenvalue weighted by molar-refractivity contribution is -0.137. The molecular formula is C21H25NO7. The van der Waals surface area contributed by atoms with Gasteiger partial charge in [0.25, 0.3) is 0 Å². The topological polar surface area (TPSA) is 83.5 Å². The van der Waals surface area contributed by atoms with Gasteiger partial charge in [-0.15, -0.1) is 0 Å². The van der Waals surface area contributed by atoms with E-state index in [9.17, 15) is 9.59 Å². The molecule has 0 aromatic heterocycles. The number of rotatable bonds is 7. The van der Waals surface area contributed by atoms with Gasteiger partial charge in [0.2, 0.25) is 5.75 Å². The lowest BCUT2D eigenvalue weighted by Crippen LogP contribution is -2.29. The minimum absolute atomic E-state index is 0.259. The van der Waals surface area contributed by atoms with Crippen molar-refractivity contribution in [2.24, 2.45) is 0 Å². The van der Waals surface area contributed by atoms with E-state index in [-0.39, 0.29) is 6.04 Å². The number of methoxy groups -OCH3 is 5. The molecule has 0 atom stereocenters. The van der Waals surface area contributed by atoms with Crippen LogP contribution in [0.5, 0.6) is 17.2 Å². The average molecular weight is 403 g/mol. The van der Waals surface area contributed by atoms with Crippen LogP contribution in [0.2, 0.25) is 0 Å². The molecule has 0 spiro atoms. The minimum atomic E-state index is -0.710. The zero-order valence-electron chi connectivity index (χ0n) is 17.2. The van der Waals surface area contributed by atoms with E-state index in [2.05, 4.69) is 0 Å². The van der Waals surface area contributed by atoms with Gasteiger partial charge < -0.3 is 28.6 Å². The van der Waals surface area contributed by atoms with Crippen molar-refractivity contribution in [3.8, 4) is 17.2 Å². The predicted octanol–water partition coefficient (Wildman–Crippen LogP) is 2.39. The van der Waals surface area contributed by atoms with Crippen LogP contribution in [0.25, 0.3) is 0 Å². The van der Waals surface area contributed by atoms with E-state index in [1.807, 2.05) is 4.90 Å². The van der Waals surface area contributed by atoms with Crippen molar-refractivity contribution < 1.29 is 33.3 Å². The summed E-state index contributed by atoms with van der Waals surface area (Å²) in [6.45, 7) is 0. The third-order valence-electron chi connectivity index (χ3n) is 5.03. The highest BCUT2D eigenvalue weighted by molar-refractivity contribution is 5.98. The van der Waals surface area contributed by atoms with Gasteiger partial charge in [-0.1, -0.05) is 0 Å². The molecule has 0 radical (unpaired) electrons. The van der Waals surface area contributed by atoms with Crippen LogP contribution in [0.1, 0.15) is 24.3 Å². The molecule has 1 aliphatic carbocycles. The largest absolute Gasteiger partial charge is 0.493 e. The van der Waals surface area contributed by atoms with Gasteiger partial charge in [-0.25, -0.2) is 9.59 Å². The molecule has 8 heteroatoms. The van der Waals surface area contributed by atoms with E-state index in [1.54, 1.807) is 24.5 Å². The van der Waals surface area contributed by atoms with Gasteiger partial charge in [-0.3, -0.25) is 0 Å². The third kappa shape index (κ3) is 3.87. The lowest BCUT2D eigenvalue weighted by atomic mass is 9.83. The van der Waals surface area contributed by atoms with Crippen LogP contribution in [0, 0.1) is 0 Å². The first-order valence-corrected chi connectivity index (χ1v) is 9.16. The molecule has 0 bridgehead atoms. The maximum atomic E-state index is 12.6. The summed E-state index contributed by atoms with van der Waals surface area (Å²) in [4.78, 5) is 27.2. The van der Waals surface area contributed by atoms with Gasteiger partial charge in [0.05, 0.1) is 52.6 Å². The quantitative estimate of drug-likeness (QED) is 0.642. The van der Waals surface area contributed by atoms with Crippen LogP contribution in [-0.2, 0) is 19.1 Å². The Morgan fingerprint density at radius 2 is 1.31 bits per heavy atom. The van der Waals surface area contributed by atoms with Crippen molar-refractivity contribution in [3.05, 3.63) is 41.2 Å². The molecule has 1 saturated carbocycles. The van der Waals surface area contributed by atoms with Gasteiger partial charge in [0, 0.05) is 18.4 Å². The first-order valence-electron chi connectivity index (χ1n) is 9.16. The highest BCUT2D eigenvalue weighted by atomic mass is 16.5. The van der Waals surface area contributed by atoms with Crippen LogP contribution >= 0.6 is 0 Å². The highest BCUT2D eigenvalue weighted by Crippen LogP contribution is 2.45. The fraction of sp³-hybridized carbons (Fsp3) is 0.429. The van der Waals surface area contributed by atoms with Gasteiger partial charge in [-0.05, 0) is 30.5 Å². The van der Waals surface area contributed by atoms with Crippen LogP contribution < -0.4 is 14.2 Å². The van der Waals surface area contributed by atoms with Gasteiger partial charge in [0.15, 0.2) is 11.5 Å². The zero-order valence-corrected chi connectivity index (χ0v) is 17.2. The number of hydrogen-bond acceptors (Lipinski definition) is 8. The zero-order chi connectivity index (χ0) is 21.1. The van der Waals surface area contributed by atoms with E-state index >= 15 is 0 Å². The molecule has 1 aromatic carbocycles. The number of esters is 2. The molecule has 1 aliphatic heterocycles. The van der Waals surface area contributed by atoms with E-state index < -0.39 is 17.9 Å². The third-order valence-corrected chi connectivity index (χ3v) is 5.03. The van der Waals surface area contributed by atoms with Crippen LogP contribution in [0.3, 0.4) is 0 Å². The number of nitrogens with zero attached hydrogens (tertiary/aromatic N) is 1. The molecule has 0 saturated heterocycles. The minimum Gasteiger partial charge on any atom is -0.493 e. The monoisotopic (exact) mass is 403 g/mol. The second-order valence-electron chi connectivity index (χ2n) is 6.72. The summed E-state index contributed by atoms with van der Waals surface area (Å²) in [5.41, 5.74) is 1.27. The highest BCUT2D eigenvalue weighted by Gasteiger charge is 2.39. The number of hydrogen-bond donors (Lipinski definition) is 0. The lowest BCUT2D eigenvalue weighted by Gasteiger charge is -2.30. The summed E-state index contributed by atoms with van der Waals surface area (Å²) in [6.07, 6.45) is 5.46. The van der Waals surface area contributed by atoms with Crippen LogP contribution in [0.15, 0.2) is 35.7 Å². The van der Waals surface area contributed by atoms with E-state index in [4.69, 9.17) is 23.7 Å². The Hall–Kier alpha value is -3.16. The smallest absolute Gasteiger partial charge is 0.336 e. The first-order chi connectivity index (χ1) is 14.0. The SMILES string of the molecule is COC(=O)C1=CN(C2CC2)C=C(C(=O)OC)C1c1cc(OC)c(OC)c(OC)c1. The maximum Gasteiger partial charge on any atom is 0.336 e. The Morgan fingerprint density at radius 1 is 0.828 bits per heavy atom. The Labute approximate surface area is 169 Å². The van der Waals surface area contributed by atoms with Crippen molar-refractivity contribution in [2.45, 2.75) is 24.8 Å². The molecule has 1 heterocycles. The van der Waals surface area contributed by atoms with Gasteiger partial charge in [-0.2, -0.15) is 0 Å². The van der Waals surface area contributed by atoms with Gasteiger partial charge in [0.1, 0.15) is 0 Å². The van der Waals surface area contributed by atoms with Crippen molar-refractivity contribution >= 4 is 11.9 Å². The molecule has 3 rings (SSSR count). The van der Waals surface area contributed by atoms with Crippen molar-refractivity contribution in [1.29, 1.82) is 0 Å². The molecule has 0 amide bonds. The van der Waals surface area contributed by atoms with E-state index in [0.29, 0.717) is 34.0 Å². The van der Waals surface area contributed by atoms with Crippen molar-refractivity contribution in [1.82, 2.24) is 4.90 Å². The molecule has 0 unspecified atom stereocenters. The predicted molar refractivity (Wildman–Crippen MR) is 104 cm³/mol. The van der Waals surface area contributed by atoms with Crippen molar-refractivity contribution in [2.75, 3.05) is 35.5 Å². The molecule has 29 heavy (non-hydrogen) atoms. The number of ether oxygens (including phenoxy) is 5. The second-order valence-corrected chi connectivity index (χ2v) is 6.72. The average Bonchev–Trinajstić information content (AvgIpc) is 3.61. The molecular weight excluding hydrogens is 378 g/mol. The summed E-state index contributed by atoms with van der Waals surface area (Å²) in [7, 11) is 7.14. The van der Waals surface area contributed by atoms with Crippen molar-refractivity contribution in [3.63, 3.8) is 0 Å². The Bertz CT molecular complexity index is 811. The summed E-state index contributed by atoms with van der Waals surface area (Å²) in [6, 6.07) is 3.69. The number of carbonyl (C=O) groups is 2. The summed E-state index contributed by atoms with van der Waals surface area (Å²) >= 11 is 0. The summed E-state index contributed by atoms with van der Waals surface area (Å²) in [5, 5.41) is 0. The van der Waals surface area contributed by atoms with Gasteiger partial charge >= 0.3 is 11.9 Å². The fourth-order valence-electron chi connectivity index (χ4n) is 3.46. The Balaban J connectivity index is 2.19. The first kappa shape index (κ1) is 20.6. The van der Waals surface area contributed by atoms with Crippen LogP contribution in [-0.4, -0.2) is 58.4 Å². The maximum absolute atomic E-state index is 12.6. The second kappa shape index (κ2) is 8.46.